The van der Waals surface area contributed by atoms with Crippen LogP contribution in [0.1, 0.15) is 31.2 Å². The van der Waals surface area contributed by atoms with Crippen LogP contribution in [0.15, 0.2) is 16.6 Å². The first-order valence-electron chi connectivity index (χ1n) is 6.98. The van der Waals surface area contributed by atoms with Crippen LogP contribution in [-0.4, -0.2) is 18.3 Å². The van der Waals surface area contributed by atoms with Crippen molar-refractivity contribution in [2.24, 2.45) is 11.8 Å². The monoisotopic (exact) mass is 325 g/mol. The van der Waals surface area contributed by atoms with Gasteiger partial charge in [-0.15, -0.1) is 0 Å². The fourth-order valence-electron chi connectivity index (χ4n) is 2.75. The van der Waals surface area contributed by atoms with Gasteiger partial charge < -0.3 is 15.2 Å². The first kappa shape index (κ1) is 13.3. The molecule has 0 unspecified atom stereocenters. The summed E-state index contributed by atoms with van der Waals surface area (Å²) in [4.78, 5) is 0. The molecule has 0 aromatic heterocycles. The van der Waals surface area contributed by atoms with Crippen LogP contribution in [0.4, 0.5) is 0 Å². The van der Waals surface area contributed by atoms with Crippen LogP contribution < -0.4 is 10.1 Å². The molecule has 3 rings (SSSR count). The quantitative estimate of drug-likeness (QED) is 0.841. The van der Waals surface area contributed by atoms with Crippen LogP contribution >= 0.6 is 15.9 Å². The summed E-state index contributed by atoms with van der Waals surface area (Å²) in [6.45, 7) is 0.840. The number of methoxy groups -OCH3 is 1. The Morgan fingerprint density at radius 2 is 1.95 bits per heavy atom. The zero-order valence-electron chi connectivity index (χ0n) is 11.2. The first-order valence-corrected chi connectivity index (χ1v) is 7.77. The van der Waals surface area contributed by atoms with Crippen molar-refractivity contribution in [2.45, 2.75) is 38.3 Å². The number of rotatable bonds is 6. The lowest BCUT2D eigenvalue weighted by Gasteiger charge is -2.18. The molecule has 3 nitrogen and oxygen atoms in total. The minimum Gasteiger partial charge on any atom is -0.503 e. The molecule has 2 N–H and O–H groups in total. The summed E-state index contributed by atoms with van der Waals surface area (Å²) >= 11 is 3.37. The van der Waals surface area contributed by atoms with Crippen LogP contribution in [0.25, 0.3) is 0 Å². The van der Waals surface area contributed by atoms with E-state index in [2.05, 4.69) is 21.2 Å². The maximum atomic E-state index is 9.80. The van der Waals surface area contributed by atoms with Crippen LogP contribution in [0.5, 0.6) is 11.5 Å². The van der Waals surface area contributed by atoms with Gasteiger partial charge in [0.05, 0.1) is 11.6 Å². The van der Waals surface area contributed by atoms with Gasteiger partial charge in [0.1, 0.15) is 0 Å². The predicted molar refractivity (Wildman–Crippen MR) is 78.4 cm³/mol. The Kier molecular flexibility index (Phi) is 3.72. The number of ether oxygens (including phenoxy) is 1. The third kappa shape index (κ3) is 3.06. The molecule has 2 saturated carbocycles. The minimum atomic E-state index is 0.173. The number of aromatic hydroxyl groups is 1. The number of phenols is 1. The minimum absolute atomic E-state index is 0.173. The molecule has 2 aliphatic carbocycles. The Labute approximate surface area is 122 Å². The third-order valence-electron chi connectivity index (χ3n) is 4.11. The molecule has 0 bridgehead atoms. The number of halogens is 1. The van der Waals surface area contributed by atoms with Crippen LogP contribution in [-0.2, 0) is 6.54 Å². The highest BCUT2D eigenvalue weighted by Crippen LogP contribution is 2.44. The lowest BCUT2D eigenvalue weighted by atomic mass is 10.1. The van der Waals surface area contributed by atoms with Gasteiger partial charge in [0.15, 0.2) is 11.5 Å². The van der Waals surface area contributed by atoms with Gasteiger partial charge in [-0.2, -0.15) is 0 Å². The molecule has 4 heteroatoms. The van der Waals surface area contributed by atoms with Gasteiger partial charge in [0.2, 0.25) is 0 Å². The van der Waals surface area contributed by atoms with Gasteiger partial charge >= 0.3 is 0 Å². The molecule has 0 saturated heterocycles. The van der Waals surface area contributed by atoms with Gasteiger partial charge in [-0.25, -0.2) is 0 Å². The molecule has 1 aromatic rings. The highest BCUT2D eigenvalue weighted by molar-refractivity contribution is 9.10. The molecule has 0 atom stereocenters. The van der Waals surface area contributed by atoms with Crippen LogP contribution in [0.2, 0.25) is 0 Å². The molecule has 0 heterocycles. The van der Waals surface area contributed by atoms with Crippen molar-refractivity contribution in [3.63, 3.8) is 0 Å². The van der Waals surface area contributed by atoms with E-state index in [-0.39, 0.29) is 5.75 Å². The van der Waals surface area contributed by atoms with Crippen LogP contribution in [0.3, 0.4) is 0 Å². The average Bonchev–Trinajstić information content (AvgIpc) is 3.26. The Morgan fingerprint density at radius 3 is 2.47 bits per heavy atom. The summed E-state index contributed by atoms with van der Waals surface area (Å²) in [5.74, 6) is 2.50. The third-order valence-corrected chi connectivity index (χ3v) is 4.71. The largest absolute Gasteiger partial charge is 0.503 e. The van der Waals surface area contributed by atoms with E-state index in [0.717, 1.165) is 23.9 Å². The lowest BCUT2D eigenvalue weighted by Crippen LogP contribution is -2.32. The molecular formula is C15H20BrNO2. The van der Waals surface area contributed by atoms with E-state index in [1.807, 2.05) is 12.1 Å². The Morgan fingerprint density at radius 1 is 1.32 bits per heavy atom. The van der Waals surface area contributed by atoms with Gasteiger partial charge in [-0.1, -0.05) is 0 Å². The van der Waals surface area contributed by atoms with E-state index < -0.39 is 0 Å². The van der Waals surface area contributed by atoms with Gasteiger partial charge in [0.25, 0.3) is 0 Å². The number of benzene rings is 1. The fourth-order valence-corrected chi connectivity index (χ4v) is 3.24. The molecule has 0 amide bonds. The first-order chi connectivity index (χ1) is 9.19. The van der Waals surface area contributed by atoms with Crippen molar-refractivity contribution in [3.05, 3.63) is 22.2 Å². The molecule has 0 aliphatic heterocycles. The predicted octanol–water partition coefficient (Wildman–Crippen LogP) is 3.44. The molecule has 0 radical (unpaired) electrons. The SMILES string of the molecule is COc1cc(CNC(C2CC2)C2CC2)cc(Br)c1O. The van der Waals surface area contributed by atoms with Gasteiger partial charge in [-0.3, -0.25) is 0 Å². The molecule has 2 aliphatic rings. The summed E-state index contributed by atoms with van der Waals surface area (Å²) in [7, 11) is 1.58. The van der Waals surface area contributed by atoms with E-state index in [9.17, 15) is 5.11 Å². The summed E-state index contributed by atoms with van der Waals surface area (Å²) in [5, 5.41) is 13.5. The summed E-state index contributed by atoms with van der Waals surface area (Å²) in [5.41, 5.74) is 1.15. The Balaban J connectivity index is 1.67. The topological polar surface area (TPSA) is 41.5 Å². The van der Waals surface area contributed by atoms with Gasteiger partial charge in [-0.05, 0) is 71.1 Å². The Bertz CT molecular complexity index is 457. The Hall–Kier alpha value is -0.740. The van der Waals surface area contributed by atoms with Crippen LogP contribution in [0, 0.1) is 11.8 Å². The van der Waals surface area contributed by atoms with Crippen molar-refractivity contribution in [1.82, 2.24) is 5.32 Å². The smallest absolute Gasteiger partial charge is 0.172 e. The molecule has 2 fully saturated rings. The van der Waals surface area contributed by atoms with Crippen molar-refractivity contribution >= 4 is 15.9 Å². The van der Waals surface area contributed by atoms with E-state index >= 15 is 0 Å². The second-order valence-corrected chi connectivity index (χ2v) is 6.56. The summed E-state index contributed by atoms with van der Waals surface area (Å²) < 4.78 is 5.88. The van der Waals surface area contributed by atoms with E-state index in [1.54, 1.807) is 7.11 Å². The second kappa shape index (κ2) is 5.33. The fraction of sp³-hybridized carbons (Fsp3) is 0.600. The number of phenolic OH excluding ortho intramolecular Hbond substituents is 1. The maximum absolute atomic E-state index is 9.80. The maximum Gasteiger partial charge on any atom is 0.172 e. The van der Waals surface area contributed by atoms with Crippen molar-refractivity contribution in [3.8, 4) is 11.5 Å². The van der Waals surface area contributed by atoms with Crippen molar-refractivity contribution in [1.29, 1.82) is 0 Å². The number of nitrogens with one attached hydrogen (secondary N) is 1. The van der Waals surface area contributed by atoms with Crippen molar-refractivity contribution < 1.29 is 9.84 Å². The molecule has 19 heavy (non-hydrogen) atoms. The molecule has 1 aromatic carbocycles. The normalized spacial score (nSPS) is 18.9. The molecule has 0 spiro atoms. The standard InChI is InChI=1S/C15H20BrNO2/c1-19-13-7-9(6-12(16)15(13)18)8-17-14(10-2-3-10)11-4-5-11/h6-7,10-11,14,17-18H,2-5,8H2,1H3. The highest BCUT2D eigenvalue weighted by atomic mass is 79.9. The summed E-state index contributed by atoms with van der Waals surface area (Å²) in [6, 6.07) is 4.56. The zero-order valence-corrected chi connectivity index (χ0v) is 12.7. The van der Waals surface area contributed by atoms with Gasteiger partial charge in [0, 0.05) is 12.6 Å². The average molecular weight is 326 g/mol. The lowest BCUT2D eigenvalue weighted by molar-refractivity contribution is 0.370. The van der Waals surface area contributed by atoms with E-state index in [1.165, 1.54) is 25.7 Å². The molecule has 104 valence electrons. The second-order valence-electron chi connectivity index (χ2n) is 5.71. The highest BCUT2D eigenvalue weighted by Gasteiger charge is 2.40. The van der Waals surface area contributed by atoms with Crippen molar-refractivity contribution in [2.75, 3.05) is 7.11 Å². The van der Waals surface area contributed by atoms with E-state index in [4.69, 9.17) is 4.74 Å². The number of hydrogen-bond donors (Lipinski definition) is 2. The molecular weight excluding hydrogens is 306 g/mol. The number of hydrogen-bond acceptors (Lipinski definition) is 3. The zero-order chi connectivity index (χ0) is 13.4. The van der Waals surface area contributed by atoms with E-state index in [0.29, 0.717) is 16.3 Å². The summed E-state index contributed by atoms with van der Waals surface area (Å²) in [6.07, 6.45) is 5.54.